The number of pyridine rings is 1. The van der Waals surface area contributed by atoms with Gasteiger partial charge in [0.25, 0.3) is 0 Å². The van der Waals surface area contributed by atoms with Gasteiger partial charge in [-0.15, -0.1) is 0 Å². The van der Waals surface area contributed by atoms with Crippen LogP contribution in [0, 0.1) is 22.9 Å². The first-order valence-corrected chi connectivity index (χ1v) is 13.1. The average molecular weight is 568 g/mol. The van der Waals surface area contributed by atoms with Gasteiger partial charge in [0.05, 0.1) is 24.1 Å². The van der Waals surface area contributed by atoms with Gasteiger partial charge in [0.2, 0.25) is 0 Å². The van der Waals surface area contributed by atoms with Crippen LogP contribution in [0.15, 0.2) is 36.5 Å². The van der Waals surface area contributed by atoms with Crippen LogP contribution in [0.3, 0.4) is 0 Å². The Morgan fingerprint density at radius 1 is 1.21 bits per heavy atom. The van der Waals surface area contributed by atoms with E-state index in [9.17, 15) is 23.1 Å². The van der Waals surface area contributed by atoms with Crippen molar-refractivity contribution in [3.8, 4) is 5.75 Å². The molecule has 1 atom stereocenters. The minimum atomic E-state index is -1.51. The summed E-state index contributed by atoms with van der Waals surface area (Å²) in [6.45, 7) is 2.08. The fraction of sp³-hybridized carbons (Fsp3) is 0.429. The number of nitrogens with one attached hydrogen (secondary N) is 1. The van der Waals surface area contributed by atoms with E-state index in [0.29, 0.717) is 67.7 Å². The summed E-state index contributed by atoms with van der Waals surface area (Å²) < 4.78 is 61.0. The Bertz CT molecular complexity index is 1310. The Hall–Kier alpha value is -3.11. The van der Waals surface area contributed by atoms with Crippen molar-refractivity contribution in [3.05, 3.63) is 64.6 Å². The highest BCUT2D eigenvalue weighted by Gasteiger charge is 2.37. The number of hydrogen-bond acceptors (Lipinski definition) is 5. The van der Waals surface area contributed by atoms with Gasteiger partial charge in [-0.3, -0.25) is 9.78 Å². The number of aromatic nitrogens is 1. The summed E-state index contributed by atoms with van der Waals surface area (Å²) >= 11 is 6.36. The molecule has 0 saturated carbocycles. The summed E-state index contributed by atoms with van der Waals surface area (Å²) in [4.78, 5) is 18.1. The number of alkyl halides is 1. The molecule has 1 unspecified atom stereocenters. The maximum Gasteiger partial charge on any atom is 0.303 e. The van der Waals surface area contributed by atoms with Crippen LogP contribution in [-0.2, 0) is 4.79 Å². The number of aliphatic carboxylic acids is 1. The summed E-state index contributed by atoms with van der Waals surface area (Å²) in [7, 11) is 1.52. The number of hydrogen-bond donors (Lipinski definition) is 2. The van der Waals surface area contributed by atoms with Gasteiger partial charge in [0.15, 0.2) is 17.5 Å². The zero-order valence-corrected chi connectivity index (χ0v) is 22.2. The van der Waals surface area contributed by atoms with Crippen molar-refractivity contribution in [1.29, 1.82) is 0 Å². The number of halogens is 5. The highest BCUT2D eigenvalue weighted by Crippen LogP contribution is 2.44. The number of nitrogens with zero attached hydrogens (tertiary/aromatic N) is 2. The lowest BCUT2D eigenvalue weighted by molar-refractivity contribution is -0.141. The van der Waals surface area contributed by atoms with Crippen molar-refractivity contribution >= 4 is 34.2 Å². The smallest absolute Gasteiger partial charge is 0.303 e. The van der Waals surface area contributed by atoms with Crippen LogP contribution >= 0.6 is 11.6 Å². The quantitative estimate of drug-likeness (QED) is 0.197. The molecule has 1 fully saturated rings. The molecule has 6 nitrogen and oxygen atoms in total. The number of carbonyl (C=O) groups is 1. The van der Waals surface area contributed by atoms with Gasteiger partial charge in [-0.1, -0.05) is 11.6 Å². The number of methoxy groups -OCH3 is 1. The molecule has 0 amide bonds. The molecule has 210 valence electrons. The Morgan fingerprint density at radius 2 is 1.90 bits per heavy atom. The van der Waals surface area contributed by atoms with Gasteiger partial charge < -0.3 is 20.1 Å². The molecule has 11 heteroatoms. The average Bonchev–Trinajstić information content (AvgIpc) is 2.90. The van der Waals surface area contributed by atoms with Crippen LogP contribution in [0.25, 0.3) is 10.9 Å². The molecule has 1 aliphatic heterocycles. The van der Waals surface area contributed by atoms with E-state index in [0.717, 1.165) is 12.1 Å². The topological polar surface area (TPSA) is 74.7 Å². The first-order valence-electron chi connectivity index (χ1n) is 12.7. The molecule has 2 N–H and O–H groups in total. The molecule has 0 spiro atoms. The van der Waals surface area contributed by atoms with E-state index in [2.05, 4.69) is 15.2 Å². The predicted octanol–water partition coefficient (Wildman–Crippen LogP) is 6.77. The molecule has 3 aromatic rings. The standard InChI is InChI=1S/C28H30ClF4N3O3/c1-39-18-2-3-24-19(14-18)26(20(29)16-35-24)21(30)4-5-28(15-25(37)38)6-9-36(10-7-28)11-8-34-17-12-22(31)27(33)23(32)13-17/h2-3,12-14,16,21,34H,4-11,15H2,1H3,(H,37,38). The van der Waals surface area contributed by atoms with Crippen LogP contribution in [0.2, 0.25) is 5.02 Å². The summed E-state index contributed by atoms with van der Waals surface area (Å²) in [6.07, 6.45) is 1.52. The van der Waals surface area contributed by atoms with Gasteiger partial charge in [0.1, 0.15) is 11.9 Å². The fourth-order valence-electron chi connectivity index (χ4n) is 5.29. The number of likely N-dealkylation sites (tertiary alicyclic amines) is 1. The molecule has 0 radical (unpaired) electrons. The maximum atomic E-state index is 15.7. The summed E-state index contributed by atoms with van der Waals surface area (Å²) in [5.74, 6) is -4.42. The van der Waals surface area contributed by atoms with E-state index in [1.54, 1.807) is 18.2 Å². The predicted molar refractivity (Wildman–Crippen MR) is 142 cm³/mol. The van der Waals surface area contributed by atoms with Gasteiger partial charge in [-0.25, -0.2) is 17.6 Å². The molecule has 1 aliphatic rings. The molecular weight excluding hydrogens is 538 g/mol. The van der Waals surface area contributed by atoms with Gasteiger partial charge >= 0.3 is 5.97 Å². The number of piperidine rings is 1. The Balaban J connectivity index is 1.38. The van der Waals surface area contributed by atoms with Crippen LogP contribution in [0.1, 0.15) is 43.8 Å². The molecule has 2 aromatic carbocycles. The minimum absolute atomic E-state index is 0.0708. The first kappa shape index (κ1) is 28.9. The third kappa shape index (κ3) is 6.91. The second-order valence-corrected chi connectivity index (χ2v) is 10.4. The van der Waals surface area contributed by atoms with E-state index in [-0.39, 0.29) is 23.6 Å². The van der Waals surface area contributed by atoms with E-state index < -0.39 is 35.0 Å². The minimum Gasteiger partial charge on any atom is -0.497 e. The fourth-order valence-corrected chi connectivity index (χ4v) is 5.56. The summed E-state index contributed by atoms with van der Waals surface area (Å²) in [5, 5.41) is 13.3. The lowest BCUT2D eigenvalue weighted by Gasteiger charge is -2.41. The van der Waals surface area contributed by atoms with E-state index in [4.69, 9.17) is 16.3 Å². The number of benzene rings is 2. The number of carboxylic acids is 1. The molecular formula is C28H30ClF4N3O3. The van der Waals surface area contributed by atoms with E-state index >= 15 is 4.39 Å². The largest absolute Gasteiger partial charge is 0.497 e. The Morgan fingerprint density at radius 3 is 2.54 bits per heavy atom. The summed E-state index contributed by atoms with van der Waals surface area (Å²) in [6, 6.07) is 6.97. The lowest BCUT2D eigenvalue weighted by Crippen LogP contribution is -2.43. The van der Waals surface area contributed by atoms with Crippen molar-refractivity contribution in [2.45, 2.75) is 38.3 Å². The molecule has 1 saturated heterocycles. The number of anilines is 1. The van der Waals surface area contributed by atoms with E-state index in [1.807, 2.05) is 0 Å². The van der Waals surface area contributed by atoms with Crippen molar-refractivity contribution in [3.63, 3.8) is 0 Å². The monoisotopic (exact) mass is 567 g/mol. The molecule has 1 aromatic heterocycles. The SMILES string of the molecule is COc1ccc2ncc(Cl)c(C(F)CCC3(CC(=O)O)CCN(CCNc4cc(F)c(F)c(F)c4)CC3)c2c1. The van der Waals surface area contributed by atoms with Crippen molar-refractivity contribution in [2.75, 3.05) is 38.6 Å². The third-order valence-electron chi connectivity index (χ3n) is 7.49. The number of fused-ring (bicyclic) bond motifs is 1. The highest BCUT2D eigenvalue weighted by atomic mass is 35.5. The van der Waals surface area contributed by atoms with Gasteiger partial charge in [-0.05, 0) is 62.4 Å². The number of carboxylic acid groups (broad SMARTS) is 1. The van der Waals surface area contributed by atoms with Gasteiger partial charge in [0, 0.05) is 48.1 Å². The number of rotatable bonds is 11. The van der Waals surface area contributed by atoms with Crippen LogP contribution < -0.4 is 10.1 Å². The first-order chi connectivity index (χ1) is 18.6. The van der Waals surface area contributed by atoms with Crippen molar-refractivity contribution < 1.29 is 32.2 Å². The van der Waals surface area contributed by atoms with E-state index in [1.165, 1.54) is 13.3 Å². The zero-order chi connectivity index (χ0) is 28.2. The Kier molecular flexibility index (Phi) is 9.17. The van der Waals surface area contributed by atoms with Gasteiger partial charge in [-0.2, -0.15) is 0 Å². The summed E-state index contributed by atoms with van der Waals surface area (Å²) in [5.41, 5.74) is 0.475. The van der Waals surface area contributed by atoms with Crippen LogP contribution in [0.5, 0.6) is 5.75 Å². The zero-order valence-electron chi connectivity index (χ0n) is 21.5. The molecule has 2 heterocycles. The normalized spacial score (nSPS) is 16.3. The molecule has 0 bridgehead atoms. The lowest BCUT2D eigenvalue weighted by atomic mass is 9.71. The maximum absolute atomic E-state index is 15.7. The molecule has 39 heavy (non-hydrogen) atoms. The Labute approximate surface area is 228 Å². The third-order valence-corrected chi connectivity index (χ3v) is 7.79. The van der Waals surface area contributed by atoms with Crippen molar-refractivity contribution in [1.82, 2.24) is 9.88 Å². The van der Waals surface area contributed by atoms with Crippen LogP contribution in [0.4, 0.5) is 23.2 Å². The second kappa shape index (κ2) is 12.4. The second-order valence-electron chi connectivity index (χ2n) is 10.0. The van der Waals surface area contributed by atoms with Crippen molar-refractivity contribution in [2.24, 2.45) is 5.41 Å². The molecule has 4 rings (SSSR count). The number of ether oxygens (including phenoxy) is 1. The highest BCUT2D eigenvalue weighted by molar-refractivity contribution is 6.32. The molecule has 0 aliphatic carbocycles. The van der Waals surface area contributed by atoms with Crippen LogP contribution in [-0.4, -0.2) is 54.2 Å².